The molecule has 4 N–H and O–H groups in total. The van der Waals surface area contributed by atoms with E-state index in [2.05, 4.69) is 25.5 Å². The third-order valence-corrected chi connectivity index (χ3v) is 3.34. The second-order valence-electron chi connectivity index (χ2n) is 5.10. The van der Waals surface area contributed by atoms with E-state index in [4.69, 9.17) is 10.9 Å². The van der Waals surface area contributed by atoms with Crippen LogP contribution >= 0.6 is 0 Å². The Balaban J connectivity index is 1.74. The van der Waals surface area contributed by atoms with Crippen LogP contribution in [-0.4, -0.2) is 30.8 Å². The number of aromatic nitrogens is 4. The number of halogens is 3. The van der Waals surface area contributed by atoms with E-state index in [9.17, 15) is 13.2 Å². The maximum atomic E-state index is 12.6. The van der Waals surface area contributed by atoms with Gasteiger partial charge in [-0.15, -0.1) is 5.10 Å². The lowest BCUT2D eigenvalue weighted by Crippen LogP contribution is -2.14. The van der Waals surface area contributed by atoms with Crippen LogP contribution in [0.15, 0.2) is 54.1 Å². The first kappa shape index (κ1) is 17.2. The molecule has 0 amide bonds. The van der Waals surface area contributed by atoms with Crippen LogP contribution in [0, 0.1) is 0 Å². The molecule has 0 bridgehead atoms. The molecule has 0 fully saturated rings. The smallest absolute Gasteiger partial charge is 0.409 e. The molecule has 8 nitrogen and oxygen atoms in total. The minimum absolute atomic E-state index is 0.124. The van der Waals surface area contributed by atoms with Crippen molar-refractivity contribution in [3.8, 4) is 5.69 Å². The number of oxime groups is 1. The van der Waals surface area contributed by atoms with Gasteiger partial charge in [0.2, 0.25) is 5.95 Å². The summed E-state index contributed by atoms with van der Waals surface area (Å²) in [5, 5.41) is 18.5. The minimum atomic E-state index is -4.39. The van der Waals surface area contributed by atoms with Gasteiger partial charge in [0.25, 0.3) is 0 Å². The number of nitrogens with two attached hydrogens (primary N) is 1. The summed E-state index contributed by atoms with van der Waals surface area (Å²) < 4.78 is 39.1. The maximum Gasteiger partial charge on any atom is 0.416 e. The van der Waals surface area contributed by atoms with Crippen LogP contribution in [0.2, 0.25) is 0 Å². The lowest BCUT2D eigenvalue weighted by molar-refractivity contribution is -0.137. The van der Waals surface area contributed by atoms with E-state index >= 15 is 0 Å². The second kappa shape index (κ2) is 6.70. The van der Waals surface area contributed by atoms with Crippen LogP contribution in [0.25, 0.3) is 5.69 Å². The Morgan fingerprint density at radius 3 is 2.42 bits per heavy atom. The van der Waals surface area contributed by atoms with E-state index in [1.165, 1.54) is 35.4 Å². The number of hydrogen-bond donors (Lipinski definition) is 3. The average molecular weight is 363 g/mol. The molecule has 3 aromatic rings. The third-order valence-electron chi connectivity index (χ3n) is 3.34. The summed E-state index contributed by atoms with van der Waals surface area (Å²) >= 11 is 0. The predicted octanol–water partition coefficient (Wildman–Crippen LogP) is 2.52. The summed E-state index contributed by atoms with van der Waals surface area (Å²) in [6, 6.07) is 7.70. The molecule has 0 saturated heterocycles. The largest absolute Gasteiger partial charge is 0.416 e. The lowest BCUT2D eigenvalue weighted by atomic mass is 10.2. The SMILES string of the molecule is NC(=NO)c1ccc(Nc2ncn(-c3ccc(C(F)(F)F)cc3)n2)cn1. The standard InChI is InChI=1S/C15H12F3N7O/c16-15(17,18)9-1-4-11(5-2-9)25-8-21-14(23-25)22-10-3-6-12(20-7-10)13(19)24-26/h1-8,26H,(H2,19,24)(H,22,23). The molecule has 134 valence electrons. The highest BCUT2D eigenvalue weighted by Crippen LogP contribution is 2.29. The summed E-state index contributed by atoms with van der Waals surface area (Å²) in [4.78, 5) is 8.03. The van der Waals surface area contributed by atoms with E-state index in [1.54, 1.807) is 6.07 Å². The number of hydrogen-bond acceptors (Lipinski definition) is 6. The van der Waals surface area contributed by atoms with Crippen LogP contribution in [0.1, 0.15) is 11.3 Å². The first-order valence-electron chi connectivity index (χ1n) is 7.17. The van der Waals surface area contributed by atoms with Gasteiger partial charge in [-0.3, -0.25) is 4.98 Å². The van der Waals surface area contributed by atoms with E-state index in [-0.39, 0.29) is 11.8 Å². The van der Waals surface area contributed by atoms with Gasteiger partial charge in [-0.25, -0.2) is 4.68 Å². The van der Waals surface area contributed by atoms with Crippen molar-refractivity contribution >= 4 is 17.5 Å². The molecule has 1 aromatic carbocycles. The molecule has 2 aromatic heterocycles. The van der Waals surface area contributed by atoms with Crippen LogP contribution in [0.4, 0.5) is 24.8 Å². The number of anilines is 2. The van der Waals surface area contributed by atoms with Gasteiger partial charge in [0.05, 0.1) is 23.1 Å². The van der Waals surface area contributed by atoms with Crippen LogP contribution in [0.3, 0.4) is 0 Å². The lowest BCUT2D eigenvalue weighted by Gasteiger charge is -2.07. The van der Waals surface area contributed by atoms with Gasteiger partial charge in [0, 0.05) is 0 Å². The summed E-state index contributed by atoms with van der Waals surface area (Å²) in [5.74, 6) is 0.101. The van der Waals surface area contributed by atoms with E-state index in [0.717, 1.165) is 12.1 Å². The third kappa shape index (κ3) is 3.71. The predicted molar refractivity (Wildman–Crippen MR) is 86.4 cm³/mol. The van der Waals surface area contributed by atoms with E-state index in [1.807, 2.05) is 0 Å². The zero-order valence-corrected chi connectivity index (χ0v) is 13.0. The zero-order valence-electron chi connectivity index (χ0n) is 13.0. The highest BCUT2D eigenvalue weighted by Gasteiger charge is 2.30. The van der Waals surface area contributed by atoms with Crippen molar-refractivity contribution in [2.24, 2.45) is 10.9 Å². The molecule has 11 heteroatoms. The summed E-state index contributed by atoms with van der Waals surface area (Å²) in [6.07, 6.45) is -1.59. The van der Waals surface area contributed by atoms with E-state index < -0.39 is 11.7 Å². The first-order valence-corrected chi connectivity index (χ1v) is 7.17. The van der Waals surface area contributed by atoms with Gasteiger partial charge < -0.3 is 16.3 Å². The summed E-state index contributed by atoms with van der Waals surface area (Å²) in [5.41, 5.74) is 5.95. The number of amidine groups is 1. The quantitative estimate of drug-likeness (QED) is 0.284. The molecule has 0 spiro atoms. The summed E-state index contributed by atoms with van der Waals surface area (Å²) in [6.45, 7) is 0. The van der Waals surface area contributed by atoms with Crippen molar-refractivity contribution in [3.05, 3.63) is 60.2 Å². The second-order valence-corrected chi connectivity index (χ2v) is 5.10. The van der Waals surface area contributed by atoms with Crippen LogP contribution < -0.4 is 11.1 Å². The Kier molecular flexibility index (Phi) is 4.43. The number of alkyl halides is 3. The number of benzene rings is 1. The monoisotopic (exact) mass is 363 g/mol. The minimum Gasteiger partial charge on any atom is -0.409 e. The highest BCUT2D eigenvalue weighted by atomic mass is 19.4. The average Bonchev–Trinajstić information content (AvgIpc) is 3.09. The number of pyridine rings is 1. The van der Waals surface area contributed by atoms with Crippen LogP contribution in [0.5, 0.6) is 0 Å². The molecule has 0 atom stereocenters. The normalized spacial score (nSPS) is 12.2. The fourth-order valence-electron chi connectivity index (χ4n) is 2.05. The Morgan fingerprint density at radius 2 is 1.85 bits per heavy atom. The molecule has 0 aliphatic rings. The Bertz CT molecular complexity index is 918. The molecular weight excluding hydrogens is 351 g/mol. The van der Waals surface area contributed by atoms with Gasteiger partial charge >= 0.3 is 6.18 Å². The summed E-state index contributed by atoms with van der Waals surface area (Å²) in [7, 11) is 0. The van der Waals surface area contributed by atoms with Crippen LogP contribution in [-0.2, 0) is 6.18 Å². The van der Waals surface area contributed by atoms with Crippen molar-refractivity contribution in [1.29, 1.82) is 0 Å². The number of nitrogens with one attached hydrogen (secondary N) is 1. The molecule has 0 radical (unpaired) electrons. The van der Waals surface area contributed by atoms with Crippen molar-refractivity contribution in [3.63, 3.8) is 0 Å². The fraction of sp³-hybridized carbons (Fsp3) is 0.0667. The van der Waals surface area contributed by atoms with Crippen molar-refractivity contribution in [1.82, 2.24) is 19.7 Å². The Labute approximate surface area is 144 Å². The van der Waals surface area contributed by atoms with Crippen molar-refractivity contribution < 1.29 is 18.4 Å². The molecular formula is C15H12F3N7O. The maximum absolute atomic E-state index is 12.6. The van der Waals surface area contributed by atoms with Gasteiger partial charge in [-0.1, -0.05) is 5.16 Å². The highest BCUT2D eigenvalue weighted by molar-refractivity contribution is 5.95. The van der Waals surface area contributed by atoms with Gasteiger partial charge in [0.15, 0.2) is 5.84 Å². The number of nitrogens with zero attached hydrogens (tertiary/aromatic N) is 5. The zero-order chi connectivity index (χ0) is 18.7. The molecule has 0 aliphatic heterocycles. The molecule has 2 heterocycles. The molecule has 0 saturated carbocycles. The Hall–Kier alpha value is -3.63. The molecule has 0 unspecified atom stereocenters. The van der Waals surface area contributed by atoms with Gasteiger partial charge in [-0.05, 0) is 36.4 Å². The topological polar surface area (TPSA) is 114 Å². The molecule has 26 heavy (non-hydrogen) atoms. The molecule has 3 rings (SSSR count). The van der Waals surface area contributed by atoms with Crippen molar-refractivity contribution in [2.45, 2.75) is 6.18 Å². The fourth-order valence-corrected chi connectivity index (χ4v) is 2.05. The molecule has 0 aliphatic carbocycles. The Morgan fingerprint density at radius 1 is 1.12 bits per heavy atom. The van der Waals surface area contributed by atoms with Gasteiger partial charge in [0.1, 0.15) is 12.0 Å². The first-order chi connectivity index (χ1) is 12.4. The van der Waals surface area contributed by atoms with Crippen molar-refractivity contribution in [2.75, 3.05) is 5.32 Å². The number of rotatable bonds is 4. The van der Waals surface area contributed by atoms with Gasteiger partial charge in [-0.2, -0.15) is 18.2 Å². The van der Waals surface area contributed by atoms with E-state index in [0.29, 0.717) is 17.1 Å².